The van der Waals surface area contributed by atoms with Gasteiger partial charge < -0.3 is 0 Å². The van der Waals surface area contributed by atoms with Crippen LogP contribution in [0.15, 0.2) is 71.8 Å². The molecule has 6 nitrogen and oxygen atoms in total. The number of ketones is 2. The minimum atomic E-state index is -3.83. The van der Waals surface area contributed by atoms with E-state index in [-0.39, 0.29) is 40.7 Å². The number of hydrogen-bond acceptors (Lipinski definition) is 5. The standard InChI is InChI=1S/C23H20N2O4S/c1-2-25(14-12-16-7-5-6-13-24-16)30(28,29)17-10-11-20-21(15-17)23(27)19-9-4-3-8-18(19)22(20)26/h3-11,13,15H,2,12,14H2,1H3. The zero-order valence-electron chi connectivity index (χ0n) is 16.4. The summed E-state index contributed by atoms with van der Waals surface area (Å²) < 4.78 is 27.8. The summed E-state index contributed by atoms with van der Waals surface area (Å²) >= 11 is 0. The predicted molar refractivity (Wildman–Crippen MR) is 112 cm³/mol. The molecule has 0 saturated carbocycles. The maximum Gasteiger partial charge on any atom is 0.243 e. The molecule has 0 bridgehead atoms. The fraction of sp³-hybridized carbons (Fsp3) is 0.174. The average Bonchev–Trinajstić information content (AvgIpc) is 2.78. The maximum atomic E-state index is 13.2. The van der Waals surface area contributed by atoms with E-state index in [1.807, 2.05) is 12.1 Å². The number of rotatable bonds is 6. The summed E-state index contributed by atoms with van der Waals surface area (Å²) in [5.74, 6) is -0.611. The molecule has 0 fully saturated rings. The van der Waals surface area contributed by atoms with Gasteiger partial charge in [0.2, 0.25) is 10.0 Å². The Labute approximate surface area is 175 Å². The molecule has 1 heterocycles. The van der Waals surface area contributed by atoms with Gasteiger partial charge in [0.15, 0.2) is 11.6 Å². The summed E-state index contributed by atoms with van der Waals surface area (Å²) in [4.78, 5) is 29.9. The molecule has 0 unspecified atom stereocenters. The number of benzene rings is 2. The molecule has 30 heavy (non-hydrogen) atoms. The van der Waals surface area contributed by atoms with Gasteiger partial charge in [-0.25, -0.2) is 8.42 Å². The molecule has 1 aliphatic carbocycles. The van der Waals surface area contributed by atoms with Gasteiger partial charge in [0.05, 0.1) is 4.90 Å². The highest BCUT2D eigenvalue weighted by Crippen LogP contribution is 2.29. The Morgan fingerprint density at radius 3 is 2.10 bits per heavy atom. The van der Waals surface area contributed by atoms with Gasteiger partial charge in [0.1, 0.15) is 0 Å². The second kappa shape index (κ2) is 7.93. The van der Waals surface area contributed by atoms with Crippen LogP contribution in [-0.4, -0.2) is 42.4 Å². The number of carbonyl (C=O) groups excluding carboxylic acids is 2. The lowest BCUT2D eigenvalue weighted by Crippen LogP contribution is -2.33. The van der Waals surface area contributed by atoms with Gasteiger partial charge in [-0.3, -0.25) is 14.6 Å². The Bertz CT molecular complexity index is 1240. The van der Waals surface area contributed by atoms with Crippen molar-refractivity contribution < 1.29 is 18.0 Å². The van der Waals surface area contributed by atoms with Crippen LogP contribution in [0.25, 0.3) is 0 Å². The van der Waals surface area contributed by atoms with Gasteiger partial charge in [-0.2, -0.15) is 4.31 Å². The Hall–Kier alpha value is -3.16. The van der Waals surface area contributed by atoms with E-state index < -0.39 is 10.0 Å². The smallest absolute Gasteiger partial charge is 0.243 e. The molecule has 0 atom stereocenters. The van der Waals surface area contributed by atoms with Gasteiger partial charge >= 0.3 is 0 Å². The van der Waals surface area contributed by atoms with Crippen LogP contribution in [-0.2, 0) is 16.4 Å². The number of fused-ring (bicyclic) bond motifs is 2. The third kappa shape index (κ3) is 3.46. The van der Waals surface area contributed by atoms with Gasteiger partial charge in [-0.05, 0) is 30.3 Å². The van der Waals surface area contributed by atoms with Crippen molar-refractivity contribution in [1.29, 1.82) is 0 Å². The number of hydrogen-bond donors (Lipinski definition) is 0. The minimum Gasteiger partial charge on any atom is -0.289 e. The topological polar surface area (TPSA) is 84.4 Å². The fourth-order valence-corrected chi connectivity index (χ4v) is 5.10. The zero-order chi connectivity index (χ0) is 21.3. The normalized spacial score (nSPS) is 13.3. The first-order valence-electron chi connectivity index (χ1n) is 9.66. The van der Waals surface area contributed by atoms with Crippen molar-refractivity contribution in [2.45, 2.75) is 18.2 Å². The summed E-state index contributed by atoms with van der Waals surface area (Å²) in [6.07, 6.45) is 2.15. The Kier molecular flexibility index (Phi) is 5.32. The molecular formula is C23H20N2O4S. The number of sulfonamides is 1. The first-order chi connectivity index (χ1) is 14.4. The molecule has 0 aliphatic heterocycles. The lowest BCUT2D eigenvalue weighted by atomic mass is 9.84. The van der Waals surface area contributed by atoms with Gasteiger partial charge in [-0.1, -0.05) is 37.3 Å². The molecule has 0 saturated heterocycles. The fourth-order valence-electron chi connectivity index (χ4n) is 3.62. The molecule has 4 rings (SSSR count). The highest BCUT2D eigenvalue weighted by atomic mass is 32.2. The molecule has 0 amide bonds. The number of likely N-dealkylation sites (N-methyl/N-ethyl adjacent to an activating group) is 1. The first kappa shape index (κ1) is 20.1. The van der Waals surface area contributed by atoms with Crippen molar-refractivity contribution in [3.63, 3.8) is 0 Å². The molecule has 152 valence electrons. The Morgan fingerprint density at radius 1 is 0.833 bits per heavy atom. The molecular weight excluding hydrogens is 400 g/mol. The summed E-state index contributed by atoms with van der Waals surface area (Å²) in [7, 11) is -3.83. The van der Waals surface area contributed by atoms with Crippen LogP contribution < -0.4 is 0 Å². The second-order valence-corrected chi connectivity index (χ2v) is 8.92. The molecule has 0 radical (unpaired) electrons. The van der Waals surface area contributed by atoms with Crippen LogP contribution >= 0.6 is 0 Å². The van der Waals surface area contributed by atoms with Crippen molar-refractivity contribution >= 4 is 21.6 Å². The molecule has 0 spiro atoms. The molecule has 7 heteroatoms. The van der Waals surface area contributed by atoms with Gasteiger partial charge in [0, 0.05) is 53.7 Å². The van der Waals surface area contributed by atoms with Crippen LogP contribution in [0.2, 0.25) is 0 Å². The van der Waals surface area contributed by atoms with Crippen molar-refractivity contribution in [3.05, 3.63) is 94.8 Å². The summed E-state index contributed by atoms with van der Waals surface area (Å²) in [5, 5.41) is 0. The SMILES string of the molecule is CCN(CCc1ccccn1)S(=O)(=O)c1ccc2c(c1)C(=O)c1ccccc1C2=O. The van der Waals surface area contributed by atoms with E-state index in [1.54, 1.807) is 43.5 Å². The average molecular weight is 420 g/mol. The van der Waals surface area contributed by atoms with E-state index in [2.05, 4.69) is 4.98 Å². The number of carbonyl (C=O) groups is 2. The van der Waals surface area contributed by atoms with Crippen LogP contribution in [0.5, 0.6) is 0 Å². The van der Waals surface area contributed by atoms with Gasteiger partial charge in [0.25, 0.3) is 0 Å². The lowest BCUT2D eigenvalue weighted by molar-refractivity contribution is 0.0979. The predicted octanol–water partition coefficient (Wildman–Crippen LogP) is 3.11. The Balaban J connectivity index is 1.67. The van der Waals surface area contributed by atoms with Gasteiger partial charge in [-0.15, -0.1) is 0 Å². The minimum absolute atomic E-state index is 0.00431. The largest absolute Gasteiger partial charge is 0.289 e. The highest BCUT2D eigenvalue weighted by molar-refractivity contribution is 7.89. The summed E-state index contributed by atoms with van der Waals surface area (Å²) in [5.41, 5.74) is 1.80. The quantitative estimate of drug-likeness (QED) is 0.479. The van der Waals surface area contributed by atoms with Crippen molar-refractivity contribution in [2.75, 3.05) is 13.1 Å². The van der Waals surface area contributed by atoms with Crippen LogP contribution in [0.4, 0.5) is 0 Å². The maximum absolute atomic E-state index is 13.2. The number of aromatic nitrogens is 1. The zero-order valence-corrected chi connectivity index (χ0v) is 17.2. The number of nitrogens with zero attached hydrogens (tertiary/aromatic N) is 2. The molecule has 3 aromatic rings. The van der Waals surface area contributed by atoms with Crippen LogP contribution in [0, 0.1) is 0 Å². The van der Waals surface area contributed by atoms with Crippen molar-refractivity contribution in [1.82, 2.24) is 9.29 Å². The van der Waals surface area contributed by atoms with E-state index in [4.69, 9.17) is 0 Å². The third-order valence-electron chi connectivity index (χ3n) is 5.23. The van der Waals surface area contributed by atoms with E-state index in [1.165, 1.54) is 22.5 Å². The molecule has 1 aliphatic rings. The van der Waals surface area contributed by atoms with Crippen molar-refractivity contribution in [2.24, 2.45) is 0 Å². The molecule has 0 N–H and O–H groups in total. The number of pyridine rings is 1. The summed E-state index contributed by atoms with van der Waals surface area (Å²) in [6.45, 7) is 2.31. The third-order valence-corrected chi connectivity index (χ3v) is 7.20. The van der Waals surface area contributed by atoms with E-state index in [9.17, 15) is 18.0 Å². The lowest BCUT2D eigenvalue weighted by Gasteiger charge is -2.22. The van der Waals surface area contributed by atoms with E-state index >= 15 is 0 Å². The van der Waals surface area contributed by atoms with Crippen LogP contribution in [0.3, 0.4) is 0 Å². The van der Waals surface area contributed by atoms with Crippen LogP contribution in [0.1, 0.15) is 44.5 Å². The van der Waals surface area contributed by atoms with Crippen molar-refractivity contribution in [3.8, 4) is 0 Å². The summed E-state index contributed by atoms with van der Waals surface area (Å²) in [6, 6.07) is 16.3. The monoisotopic (exact) mass is 420 g/mol. The molecule has 1 aromatic heterocycles. The van der Waals surface area contributed by atoms with E-state index in [0.29, 0.717) is 17.5 Å². The Morgan fingerprint density at radius 2 is 1.47 bits per heavy atom. The first-order valence-corrected chi connectivity index (χ1v) is 11.1. The highest BCUT2D eigenvalue weighted by Gasteiger charge is 2.32. The van der Waals surface area contributed by atoms with E-state index in [0.717, 1.165) is 5.69 Å². The second-order valence-electron chi connectivity index (χ2n) is 6.98. The molecule has 2 aromatic carbocycles.